The largest absolute Gasteiger partial charge is 0.332 e. The molecule has 0 bridgehead atoms. The number of fused-ring (bicyclic) bond motifs is 1. The highest BCUT2D eigenvalue weighted by atomic mass is 79.9. The van der Waals surface area contributed by atoms with E-state index in [1.54, 1.807) is 7.05 Å². The average Bonchev–Trinajstić information content (AvgIpc) is 2.84. The number of aromatic nitrogens is 4. The number of aryl methyl sites for hydroxylation is 1. The number of H-pyrrole nitrogens is 2. The van der Waals surface area contributed by atoms with Gasteiger partial charge in [0.25, 0.3) is 5.56 Å². The Morgan fingerprint density at radius 1 is 1.20 bits per heavy atom. The summed E-state index contributed by atoms with van der Waals surface area (Å²) in [5.41, 5.74) is 0.416. The molecule has 3 rings (SSSR count). The normalized spacial score (nSPS) is 11.2. The standard InChI is InChI=1S/C12H8Br2N4O2/c1-18-10-8(11(19)17-12(18)20)15-9(16-10)6-4-5(13)2-3-7(6)14/h2-4H,1H3,(H,15,16)(H,17,19,20). The predicted octanol–water partition coefficient (Wildman–Crippen LogP) is 2.14. The minimum atomic E-state index is -0.492. The van der Waals surface area contributed by atoms with Gasteiger partial charge in [-0.3, -0.25) is 14.3 Å². The number of halogens is 2. The molecule has 2 aromatic heterocycles. The van der Waals surface area contributed by atoms with E-state index in [9.17, 15) is 9.59 Å². The fourth-order valence-corrected chi connectivity index (χ4v) is 2.71. The molecule has 0 fully saturated rings. The highest BCUT2D eigenvalue weighted by Crippen LogP contribution is 2.29. The first-order chi connectivity index (χ1) is 9.47. The van der Waals surface area contributed by atoms with Crippen LogP contribution in [0.15, 0.2) is 36.7 Å². The minimum Gasteiger partial charge on any atom is -0.332 e. The zero-order chi connectivity index (χ0) is 14.4. The number of benzene rings is 1. The molecule has 0 aliphatic heterocycles. The van der Waals surface area contributed by atoms with Crippen LogP contribution in [0.5, 0.6) is 0 Å². The maximum Gasteiger partial charge on any atom is 0.329 e. The van der Waals surface area contributed by atoms with Gasteiger partial charge in [0.05, 0.1) is 0 Å². The smallest absolute Gasteiger partial charge is 0.329 e. The summed E-state index contributed by atoms with van der Waals surface area (Å²) in [6.07, 6.45) is 0. The molecule has 0 atom stereocenters. The second-order valence-electron chi connectivity index (χ2n) is 4.23. The molecule has 0 saturated heterocycles. The molecule has 2 heterocycles. The van der Waals surface area contributed by atoms with Gasteiger partial charge in [-0.1, -0.05) is 31.9 Å². The van der Waals surface area contributed by atoms with E-state index in [1.165, 1.54) is 4.57 Å². The molecule has 0 radical (unpaired) electrons. The summed E-state index contributed by atoms with van der Waals surface area (Å²) in [5.74, 6) is 0.514. The second-order valence-corrected chi connectivity index (χ2v) is 6.00. The Hall–Kier alpha value is -1.67. The third-order valence-corrected chi connectivity index (χ3v) is 4.12. The molecule has 0 spiro atoms. The van der Waals surface area contributed by atoms with Crippen molar-refractivity contribution in [1.82, 2.24) is 19.5 Å². The van der Waals surface area contributed by atoms with Crippen molar-refractivity contribution in [2.75, 3.05) is 0 Å². The van der Waals surface area contributed by atoms with Crippen LogP contribution in [0.3, 0.4) is 0 Å². The third-order valence-electron chi connectivity index (χ3n) is 2.94. The second kappa shape index (κ2) is 4.71. The van der Waals surface area contributed by atoms with E-state index in [2.05, 4.69) is 46.8 Å². The minimum absolute atomic E-state index is 0.272. The van der Waals surface area contributed by atoms with Crippen LogP contribution < -0.4 is 11.2 Å². The maximum absolute atomic E-state index is 11.8. The molecule has 20 heavy (non-hydrogen) atoms. The molecule has 2 N–H and O–H groups in total. The molecular formula is C12H8Br2N4O2. The molecule has 6 nitrogen and oxygen atoms in total. The maximum atomic E-state index is 11.8. The van der Waals surface area contributed by atoms with Gasteiger partial charge >= 0.3 is 5.69 Å². The van der Waals surface area contributed by atoms with E-state index in [4.69, 9.17) is 0 Å². The summed E-state index contributed by atoms with van der Waals surface area (Å²) in [5, 5.41) is 0. The molecule has 102 valence electrons. The quantitative estimate of drug-likeness (QED) is 0.657. The highest BCUT2D eigenvalue weighted by molar-refractivity contribution is 9.11. The van der Waals surface area contributed by atoms with Crippen molar-refractivity contribution in [3.05, 3.63) is 48.0 Å². The fraction of sp³-hybridized carbons (Fsp3) is 0.0833. The first kappa shape index (κ1) is 13.3. The van der Waals surface area contributed by atoms with Crippen molar-refractivity contribution in [3.8, 4) is 11.4 Å². The van der Waals surface area contributed by atoms with Gasteiger partial charge in [-0.05, 0) is 18.2 Å². The predicted molar refractivity (Wildman–Crippen MR) is 82.8 cm³/mol. The average molecular weight is 400 g/mol. The number of nitrogens with zero attached hydrogens (tertiary/aromatic N) is 2. The van der Waals surface area contributed by atoms with Gasteiger partial charge in [0.1, 0.15) is 11.3 Å². The number of aromatic amines is 2. The van der Waals surface area contributed by atoms with Gasteiger partial charge in [-0.15, -0.1) is 0 Å². The highest BCUT2D eigenvalue weighted by Gasteiger charge is 2.14. The lowest BCUT2D eigenvalue weighted by Gasteiger charge is -2.01. The summed E-state index contributed by atoms with van der Waals surface area (Å²) in [7, 11) is 1.56. The van der Waals surface area contributed by atoms with Crippen LogP contribution in [0.2, 0.25) is 0 Å². The fourth-order valence-electron chi connectivity index (χ4n) is 1.91. The molecular weight excluding hydrogens is 392 g/mol. The Morgan fingerprint density at radius 3 is 2.70 bits per heavy atom. The monoisotopic (exact) mass is 398 g/mol. The molecule has 0 amide bonds. The van der Waals surface area contributed by atoms with Crippen molar-refractivity contribution >= 4 is 43.0 Å². The lowest BCUT2D eigenvalue weighted by molar-refractivity contribution is 0.832. The summed E-state index contributed by atoms with van der Waals surface area (Å²) < 4.78 is 3.02. The number of hydrogen-bond donors (Lipinski definition) is 2. The zero-order valence-corrected chi connectivity index (χ0v) is 13.4. The third kappa shape index (κ3) is 2.04. The Morgan fingerprint density at radius 2 is 1.95 bits per heavy atom. The van der Waals surface area contributed by atoms with Gasteiger partial charge in [0, 0.05) is 21.6 Å². The summed E-state index contributed by atoms with van der Waals surface area (Å²) >= 11 is 6.83. The van der Waals surface area contributed by atoms with Crippen molar-refractivity contribution in [1.29, 1.82) is 0 Å². The lowest BCUT2D eigenvalue weighted by Crippen LogP contribution is -2.28. The van der Waals surface area contributed by atoms with Crippen molar-refractivity contribution in [2.45, 2.75) is 0 Å². The van der Waals surface area contributed by atoms with E-state index in [0.717, 1.165) is 14.5 Å². The molecule has 8 heteroatoms. The van der Waals surface area contributed by atoms with Crippen LogP contribution in [0.4, 0.5) is 0 Å². The first-order valence-corrected chi connectivity index (χ1v) is 7.20. The van der Waals surface area contributed by atoms with E-state index >= 15 is 0 Å². The van der Waals surface area contributed by atoms with Crippen LogP contribution in [0, 0.1) is 0 Å². The zero-order valence-electron chi connectivity index (χ0n) is 10.2. The first-order valence-electron chi connectivity index (χ1n) is 5.62. The van der Waals surface area contributed by atoms with Crippen LogP contribution in [-0.4, -0.2) is 19.5 Å². The summed E-state index contributed by atoms with van der Waals surface area (Å²) in [6, 6.07) is 5.63. The van der Waals surface area contributed by atoms with Crippen LogP contribution in [0.1, 0.15) is 0 Å². The lowest BCUT2D eigenvalue weighted by atomic mass is 10.2. The number of hydrogen-bond acceptors (Lipinski definition) is 3. The number of rotatable bonds is 1. The van der Waals surface area contributed by atoms with Gasteiger partial charge in [0.15, 0.2) is 5.65 Å². The van der Waals surface area contributed by atoms with Crippen LogP contribution >= 0.6 is 31.9 Å². The van der Waals surface area contributed by atoms with E-state index in [-0.39, 0.29) is 5.52 Å². The molecule has 0 saturated carbocycles. The van der Waals surface area contributed by atoms with Crippen LogP contribution in [-0.2, 0) is 7.05 Å². The van der Waals surface area contributed by atoms with Gasteiger partial charge in [0.2, 0.25) is 0 Å². The van der Waals surface area contributed by atoms with E-state index < -0.39 is 11.2 Å². The number of imidazole rings is 1. The molecule has 0 aliphatic carbocycles. The summed E-state index contributed by atoms with van der Waals surface area (Å²) in [6.45, 7) is 0. The van der Waals surface area contributed by atoms with Gasteiger partial charge in [-0.2, -0.15) is 0 Å². The Labute approximate surface area is 129 Å². The molecule has 3 aromatic rings. The molecule has 0 aliphatic rings. The van der Waals surface area contributed by atoms with E-state index in [1.807, 2.05) is 18.2 Å². The number of nitrogens with one attached hydrogen (secondary N) is 2. The van der Waals surface area contributed by atoms with Crippen LogP contribution in [0.25, 0.3) is 22.6 Å². The summed E-state index contributed by atoms with van der Waals surface area (Å²) in [4.78, 5) is 32.9. The van der Waals surface area contributed by atoms with E-state index in [0.29, 0.717) is 11.5 Å². The molecule has 1 aromatic carbocycles. The molecule has 0 unspecified atom stereocenters. The Kier molecular flexibility index (Phi) is 3.14. The van der Waals surface area contributed by atoms with Gasteiger partial charge in [-0.25, -0.2) is 9.78 Å². The van der Waals surface area contributed by atoms with Crippen molar-refractivity contribution in [2.24, 2.45) is 7.05 Å². The topological polar surface area (TPSA) is 83.5 Å². The van der Waals surface area contributed by atoms with Gasteiger partial charge < -0.3 is 4.98 Å². The SMILES string of the molecule is Cn1c(=O)[nH]c(=O)c2[nH]c(-c3cc(Br)ccc3Br)nc21. The Bertz CT molecular complexity index is 939. The Balaban J connectivity index is 2.37. The van der Waals surface area contributed by atoms with Crippen molar-refractivity contribution < 1.29 is 0 Å². The van der Waals surface area contributed by atoms with Crippen molar-refractivity contribution in [3.63, 3.8) is 0 Å².